The molecule has 0 aromatic heterocycles. The molecule has 0 spiro atoms. The molecule has 5 aromatic carbocycles. The summed E-state index contributed by atoms with van der Waals surface area (Å²) in [7, 11) is -10.2. The number of anilines is 4. The van der Waals surface area contributed by atoms with Gasteiger partial charge >= 0.3 is 59.1 Å². The normalized spacial score (nSPS) is 12.0. The minimum atomic E-state index is -5.15. The summed E-state index contributed by atoms with van der Waals surface area (Å²) >= 11 is 0. The van der Waals surface area contributed by atoms with E-state index in [0.29, 0.717) is 17.1 Å². The number of benzene rings is 5. The number of hydrogen-bond acceptors (Lipinski definition) is 16. The largest absolute Gasteiger partial charge is 1.00 e. The first kappa shape index (κ1) is 39.4. The number of nitrogens with two attached hydrogens (primary N) is 4. The van der Waals surface area contributed by atoms with Gasteiger partial charge in [-0.1, -0.05) is 11.8 Å². The summed E-state index contributed by atoms with van der Waals surface area (Å²) in [4.78, 5) is -1.72. The van der Waals surface area contributed by atoms with E-state index in [1.807, 2.05) is 0 Å². The van der Waals surface area contributed by atoms with Gasteiger partial charge in [0.2, 0.25) is 0 Å². The van der Waals surface area contributed by atoms with Crippen LogP contribution in [-0.2, 0) is 20.2 Å². The molecule has 17 nitrogen and oxygen atoms in total. The van der Waals surface area contributed by atoms with Gasteiger partial charge in [0.15, 0.2) is 0 Å². The molecule has 240 valence electrons. The van der Waals surface area contributed by atoms with E-state index in [1.165, 1.54) is 48.5 Å². The summed E-state index contributed by atoms with van der Waals surface area (Å²) in [6.07, 6.45) is 0. The van der Waals surface area contributed by atoms with Crippen molar-refractivity contribution in [2.24, 2.45) is 30.7 Å². The minimum absolute atomic E-state index is 0. The van der Waals surface area contributed by atoms with E-state index in [0.717, 1.165) is 18.2 Å². The number of nitrogens with zero attached hydrogens (tertiary/aromatic N) is 6. The number of fused-ring (bicyclic) bond motifs is 1. The maximum Gasteiger partial charge on any atom is 1.00 e. The molecule has 5 rings (SSSR count). The predicted molar refractivity (Wildman–Crippen MR) is 171 cm³/mol. The Balaban J connectivity index is 0.00000325. The van der Waals surface area contributed by atoms with Crippen LogP contribution >= 0.6 is 0 Å². The van der Waals surface area contributed by atoms with E-state index >= 15 is 0 Å². The Bertz CT molecular complexity index is 2390. The van der Waals surface area contributed by atoms with Crippen LogP contribution in [-0.4, -0.2) is 25.9 Å². The van der Waals surface area contributed by atoms with Crippen LogP contribution in [0.15, 0.2) is 119 Å². The smallest absolute Gasteiger partial charge is 0.871 e. The van der Waals surface area contributed by atoms with E-state index in [9.17, 15) is 31.0 Å². The number of hydrogen-bond donors (Lipinski definition) is 5. The van der Waals surface area contributed by atoms with Crippen molar-refractivity contribution in [3.05, 3.63) is 78.9 Å². The third-order valence-corrected chi connectivity index (χ3v) is 8.15. The minimum Gasteiger partial charge on any atom is -0.871 e. The molecular weight excluding hydrogens is 698 g/mol. The molecule has 49 heavy (non-hydrogen) atoms. The van der Waals surface area contributed by atoms with Crippen LogP contribution in [0.5, 0.6) is 5.75 Å². The van der Waals surface area contributed by atoms with Gasteiger partial charge in [-0.3, -0.25) is 4.55 Å². The first-order valence-corrected chi connectivity index (χ1v) is 15.9. The first-order chi connectivity index (χ1) is 22.1. The molecule has 0 atom stereocenters. The second-order valence-electron chi connectivity index (χ2n) is 9.78. The van der Waals surface area contributed by atoms with E-state index < -0.39 is 41.5 Å². The molecule has 0 fully saturated rings. The zero-order valence-corrected chi connectivity index (χ0v) is 31.3. The molecule has 5 aromatic rings. The van der Waals surface area contributed by atoms with Crippen molar-refractivity contribution in [2.75, 3.05) is 22.9 Å². The molecule has 0 unspecified atom stereocenters. The Morgan fingerprint density at radius 3 is 1.61 bits per heavy atom. The van der Waals surface area contributed by atoms with Crippen molar-refractivity contribution >= 4 is 87.9 Å². The van der Waals surface area contributed by atoms with Gasteiger partial charge in [0.25, 0.3) is 10.1 Å². The third-order valence-electron chi connectivity index (χ3n) is 6.41. The van der Waals surface area contributed by atoms with Crippen LogP contribution in [0.4, 0.5) is 56.9 Å². The molecule has 0 aliphatic carbocycles. The zero-order valence-electron chi connectivity index (χ0n) is 25.7. The van der Waals surface area contributed by atoms with Crippen LogP contribution in [0, 0.1) is 0 Å². The number of azo groups is 3. The second-order valence-corrected chi connectivity index (χ2v) is 12.5. The Kier molecular flexibility index (Phi) is 12.6. The van der Waals surface area contributed by atoms with Crippen LogP contribution in [0.25, 0.3) is 10.8 Å². The third kappa shape index (κ3) is 9.36. The topological polar surface area (TPSA) is 313 Å². The maximum atomic E-state index is 13.5. The number of rotatable bonds is 8. The summed E-state index contributed by atoms with van der Waals surface area (Å²) in [5.41, 5.74) is 23.4. The maximum absolute atomic E-state index is 13.5. The molecule has 0 radical (unpaired) electrons. The van der Waals surface area contributed by atoms with Gasteiger partial charge in [-0.15, -0.1) is 20.5 Å². The molecular formula is C28H22N10Na2O7S2. The molecule has 0 aliphatic heterocycles. The summed E-state index contributed by atoms with van der Waals surface area (Å²) < 4.78 is 70.4. The molecule has 0 aliphatic rings. The van der Waals surface area contributed by atoms with Gasteiger partial charge in [0.1, 0.15) is 32.1 Å². The number of nitrogen functional groups attached to an aromatic ring is 4. The quantitative estimate of drug-likeness (QED) is 0.0597. The van der Waals surface area contributed by atoms with Crippen molar-refractivity contribution in [3.63, 3.8) is 0 Å². The SMILES string of the molecule is Nc1ccc(N=Nc2ccc3cc(S(=O)(=O)O)c(N=Nc4ccc(N=Nc5ccc(N)cc5N)c(S(=O)(=O)[O-])c4)c([O-])c3c2)c(N)c1.[Na+].[Na+]. The van der Waals surface area contributed by atoms with Gasteiger partial charge in [0, 0.05) is 11.4 Å². The van der Waals surface area contributed by atoms with Crippen LogP contribution in [0.3, 0.4) is 0 Å². The van der Waals surface area contributed by atoms with Crippen molar-refractivity contribution < 1.29 is 90.2 Å². The molecule has 0 saturated heterocycles. The Morgan fingerprint density at radius 1 is 0.571 bits per heavy atom. The molecule has 0 heterocycles. The summed E-state index contributed by atoms with van der Waals surface area (Å²) in [5, 5.41) is 36.8. The standard InChI is InChI=1S/C28H24N10O7S2.2Na/c29-15-2-6-22(20(31)10-15)35-33-17-4-1-14-9-26(47(43,44)45)27(28(39)19(14)12-17)38-34-18-5-8-24(25(13-18)46(40,41)42)37-36-23-7-3-16(30)11-21(23)32;;/h1-13,39H,29-32H2,(H,40,41,42)(H,43,44,45);;/q;2*+1/p-2. The van der Waals surface area contributed by atoms with Gasteiger partial charge in [-0.2, -0.15) is 18.6 Å². The zero-order chi connectivity index (χ0) is 34.1. The van der Waals surface area contributed by atoms with Gasteiger partial charge in [0.05, 0.1) is 33.3 Å². The van der Waals surface area contributed by atoms with Crippen LogP contribution in [0.1, 0.15) is 0 Å². The summed E-state index contributed by atoms with van der Waals surface area (Å²) in [6, 6.07) is 17.1. The van der Waals surface area contributed by atoms with Gasteiger partial charge in [-0.05, 0) is 83.6 Å². The van der Waals surface area contributed by atoms with Crippen molar-refractivity contribution in [2.45, 2.75) is 9.79 Å². The fourth-order valence-electron chi connectivity index (χ4n) is 4.17. The predicted octanol–water partition coefficient (Wildman–Crippen LogP) is -0.353. The average Bonchev–Trinajstić information content (AvgIpc) is 2.99. The molecule has 9 N–H and O–H groups in total. The van der Waals surface area contributed by atoms with Gasteiger partial charge < -0.3 is 32.6 Å². The molecule has 0 saturated carbocycles. The Labute approximate surface area is 323 Å². The fraction of sp³-hybridized carbons (Fsp3) is 0. The summed E-state index contributed by atoms with van der Waals surface area (Å²) in [6.45, 7) is 0. The Morgan fingerprint density at radius 2 is 1.06 bits per heavy atom. The van der Waals surface area contributed by atoms with Crippen molar-refractivity contribution in [1.82, 2.24) is 0 Å². The fourth-order valence-corrected chi connectivity index (χ4v) is 5.46. The van der Waals surface area contributed by atoms with E-state index in [-0.39, 0.29) is 104 Å². The first-order valence-electron chi connectivity index (χ1n) is 13.0. The average molecular weight is 721 g/mol. The van der Waals surface area contributed by atoms with Crippen molar-refractivity contribution in [1.29, 1.82) is 0 Å². The molecule has 21 heteroatoms. The van der Waals surface area contributed by atoms with E-state index in [4.69, 9.17) is 22.9 Å². The molecule has 0 bridgehead atoms. The summed E-state index contributed by atoms with van der Waals surface area (Å²) in [5.74, 6) is -0.967. The monoisotopic (exact) mass is 720 g/mol. The molecule has 0 amide bonds. The van der Waals surface area contributed by atoms with Gasteiger partial charge in [-0.25, -0.2) is 8.42 Å². The second kappa shape index (κ2) is 15.7. The van der Waals surface area contributed by atoms with Crippen LogP contribution in [0.2, 0.25) is 0 Å². The Hall–Kier alpha value is -4.02. The van der Waals surface area contributed by atoms with Crippen LogP contribution < -0.4 is 87.2 Å². The van der Waals surface area contributed by atoms with Crippen molar-refractivity contribution in [3.8, 4) is 5.75 Å². The van der Waals surface area contributed by atoms with E-state index in [2.05, 4.69) is 30.7 Å². The van der Waals surface area contributed by atoms with E-state index in [1.54, 1.807) is 12.1 Å².